The van der Waals surface area contributed by atoms with E-state index in [9.17, 15) is 4.79 Å². The lowest BCUT2D eigenvalue weighted by Crippen LogP contribution is -2.31. The largest absolute Gasteiger partial charge is 0.331 e. The predicted octanol–water partition coefficient (Wildman–Crippen LogP) is 1.02. The number of nitrogens with zero attached hydrogens (tertiary/aromatic N) is 3. The summed E-state index contributed by atoms with van der Waals surface area (Å²) in [4.78, 5) is 21.0. The molecule has 1 aromatic heterocycles. The number of amides is 1. The van der Waals surface area contributed by atoms with E-state index in [-0.39, 0.29) is 5.91 Å². The van der Waals surface area contributed by atoms with E-state index in [1.54, 1.807) is 0 Å². The Morgan fingerprint density at radius 1 is 1.45 bits per heavy atom. The zero-order valence-electron chi connectivity index (χ0n) is 12.2. The van der Waals surface area contributed by atoms with Crippen molar-refractivity contribution in [2.75, 3.05) is 33.7 Å². The Kier molecular flexibility index (Phi) is 3.72. The van der Waals surface area contributed by atoms with Gasteiger partial charge in [-0.1, -0.05) is 0 Å². The summed E-state index contributed by atoms with van der Waals surface area (Å²) in [6.07, 6.45) is 2.35. The number of likely N-dealkylation sites (N-methyl/N-ethyl adjacent to an activating group) is 1. The van der Waals surface area contributed by atoms with Crippen molar-refractivity contribution in [1.29, 1.82) is 0 Å². The number of carbonyl (C=O) groups is 1. The number of fused-ring (bicyclic) bond motifs is 1. The lowest BCUT2D eigenvalue weighted by Gasteiger charge is -2.18. The van der Waals surface area contributed by atoms with Gasteiger partial charge in [0, 0.05) is 19.1 Å². The minimum atomic E-state index is 0.125. The minimum absolute atomic E-state index is 0.125. The topological polar surface area (TPSA) is 48.5 Å². The zero-order chi connectivity index (χ0) is 14.1. The molecule has 3 heterocycles. The Morgan fingerprint density at radius 2 is 2.30 bits per heavy atom. The molecule has 0 bridgehead atoms. The van der Waals surface area contributed by atoms with Crippen LogP contribution in [-0.2, 0) is 6.54 Å². The van der Waals surface area contributed by atoms with Gasteiger partial charge in [-0.25, -0.2) is 0 Å². The van der Waals surface area contributed by atoms with E-state index in [1.807, 2.05) is 31.1 Å². The molecule has 1 amide bonds. The first-order valence-electron chi connectivity index (χ1n) is 7.32. The molecule has 0 aromatic carbocycles. The summed E-state index contributed by atoms with van der Waals surface area (Å²) in [6.45, 7) is 3.37. The first kappa shape index (κ1) is 13.5. The zero-order valence-corrected chi connectivity index (χ0v) is 12.2. The third kappa shape index (κ3) is 2.55. The lowest BCUT2D eigenvalue weighted by molar-refractivity contribution is 0.0768. The molecule has 0 radical (unpaired) electrons. The molecule has 2 aliphatic heterocycles. The van der Waals surface area contributed by atoms with Crippen LogP contribution in [-0.4, -0.2) is 54.4 Å². The van der Waals surface area contributed by atoms with Crippen LogP contribution in [0.15, 0.2) is 12.1 Å². The lowest BCUT2D eigenvalue weighted by atomic mass is 10.1. The minimum Gasteiger partial charge on any atom is -0.331 e. The van der Waals surface area contributed by atoms with Crippen molar-refractivity contribution in [3.05, 3.63) is 29.1 Å². The van der Waals surface area contributed by atoms with Gasteiger partial charge in [-0.05, 0) is 45.6 Å². The predicted molar refractivity (Wildman–Crippen MR) is 77.5 cm³/mol. The van der Waals surface area contributed by atoms with Crippen molar-refractivity contribution in [1.82, 2.24) is 20.1 Å². The second kappa shape index (κ2) is 5.50. The number of rotatable bonds is 4. The number of hydrogen-bond donors (Lipinski definition) is 1. The molecular weight excluding hydrogens is 252 g/mol. The first-order valence-corrected chi connectivity index (χ1v) is 7.32. The van der Waals surface area contributed by atoms with Gasteiger partial charge in [-0.3, -0.25) is 9.78 Å². The molecule has 2 aliphatic rings. The van der Waals surface area contributed by atoms with Crippen LogP contribution in [0.3, 0.4) is 0 Å². The monoisotopic (exact) mass is 274 g/mol. The highest BCUT2D eigenvalue weighted by Crippen LogP contribution is 2.26. The van der Waals surface area contributed by atoms with Crippen LogP contribution < -0.4 is 5.32 Å². The fraction of sp³-hybridized carbons (Fsp3) is 0.600. The molecule has 108 valence electrons. The van der Waals surface area contributed by atoms with Gasteiger partial charge in [0.15, 0.2) is 0 Å². The van der Waals surface area contributed by atoms with E-state index in [0.717, 1.165) is 43.0 Å². The van der Waals surface area contributed by atoms with Gasteiger partial charge in [-0.15, -0.1) is 0 Å². The summed E-state index contributed by atoms with van der Waals surface area (Å²) in [5, 5.41) is 3.46. The number of pyridine rings is 1. The smallest absolute Gasteiger partial charge is 0.256 e. The average molecular weight is 274 g/mol. The molecule has 1 atom stereocenters. The van der Waals surface area contributed by atoms with Gasteiger partial charge < -0.3 is 15.1 Å². The van der Waals surface area contributed by atoms with E-state index >= 15 is 0 Å². The summed E-state index contributed by atoms with van der Waals surface area (Å²) in [5.74, 6) is 0.125. The van der Waals surface area contributed by atoms with E-state index in [4.69, 9.17) is 4.98 Å². The Balaban J connectivity index is 1.74. The average Bonchev–Trinajstić information content (AvgIpc) is 3.05. The van der Waals surface area contributed by atoms with Gasteiger partial charge in [0.05, 0.1) is 23.5 Å². The maximum absolute atomic E-state index is 12.3. The van der Waals surface area contributed by atoms with Gasteiger partial charge in [-0.2, -0.15) is 0 Å². The molecule has 0 spiro atoms. The van der Waals surface area contributed by atoms with E-state index in [1.165, 1.54) is 6.42 Å². The summed E-state index contributed by atoms with van der Waals surface area (Å²) in [5.41, 5.74) is 2.81. The fourth-order valence-corrected chi connectivity index (χ4v) is 2.89. The standard InChI is InChI=1S/C15H22N4O/c1-18(2)8-9-19-10-14-11(15(19)20)5-6-13(17-14)12-4-3-7-16-12/h5-6,12,16H,3-4,7-10H2,1-2H3. The number of hydrogen-bond acceptors (Lipinski definition) is 4. The maximum atomic E-state index is 12.3. The number of nitrogens with one attached hydrogen (secondary N) is 1. The Morgan fingerprint density at radius 3 is 3.00 bits per heavy atom. The van der Waals surface area contributed by atoms with E-state index in [0.29, 0.717) is 12.6 Å². The molecule has 5 heteroatoms. The number of aromatic nitrogens is 1. The van der Waals surface area contributed by atoms with Crippen LogP contribution in [0, 0.1) is 0 Å². The molecule has 20 heavy (non-hydrogen) atoms. The van der Waals surface area contributed by atoms with Crippen molar-refractivity contribution >= 4 is 5.91 Å². The summed E-state index contributed by atoms with van der Waals surface area (Å²) in [6, 6.07) is 4.33. The summed E-state index contributed by atoms with van der Waals surface area (Å²) < 4.78 is 0. The van der Waals surface area contributed by atoms with Gasteiger partial charge in [0.1, 0.15) is 0 Å². The molecule has 1 aromatic rings. The van der Waals surface area contributed by atoms with Crippen LogP contribution >= 0.6 is 0 Å². The first-order chi connectivity index (χ1) is 9.65. The van der Waals surface area contributed by atoms with Crippen LogP contribution in [0.2, 0.25) is 0 Å². The Bertz CT molecular complexity index is 509. The highest BCUT2D eigenvalue weighted by atomic mass is 16.2. The quantitative estimate of drug-likeness (QED) is 0.890. The molecule has 1 N–H and O–H groups in total. The van der Waals surface area contributed by atoms with Gasteiger partial charge in [0.2, 0.25) is 0 Å². The second-order valence-corrected chi connectivity index (χ2v) is 5.91. The Hall–Kier alpha value is -1.46. The second-order valence-electron chi connectivity index (χ2n) is 5.91. The van der Waals surface area contributed by atoms with Crippen LogP contribution in [0.1, 0.15) is 40.6 Å². The van der Waals surface area contributed by atoms with Crippen molar-refractivity contribution < 1.29 is 4.79 Å². The molecule has 1 unspecified atom stereocenters. The van der Waals surface area contributed by atoms with Crippen LogP contribution in [0.25, 0.3) is 0 Å². The van der Waals surface area contributed by atoms with E-state index < -0.39 is 0 Å². The highest BCUT2D eigenvalue weighted by molar-refractivity contribution is 5.97. The molecule has 1 fully saturated rings. The fourth-order valence-electron chi connectivity index (χ4n) is 2.89. The molecule has 0 aliphatic carbocycles. The summed E-state index contributed by atoms with van der Waals surface area (Å²) >= 11 is 0. The molecule has 1 saturated heterocycles. The molecule has 3 rings (SSSR count). The number of carbonyl (C=O) groups excluding carboxylic acids is 1. The highest BCUT2D eigenvalue weighted by Gasteiger charge is 2.29. The van der Waals surface area contributed by atoms with Crippen molar-refractivity contribution in [2.45, 2.75) is 25.4 Å². The van der Waals surface area contributed by atoms with Gasteiger partial charge in [0.25, 0.3) is 5.91 Å². The molecule has 0 saturated carbocycles. The van der Waals surface area contributed by atoms with Crippen LogP contribution in [0.4, 0.5) is 0 Å². The van der Waals surface area contributed by atoms with Crippen molar-refractivity contribution in [3.63, 3.8) is 0 Å². The maximum Gasteiger partial charge on any atom is 0.256 e. The molecule has 5 nitrogen and oxygen atoms in total. The SMILES string of the molecule is CN(C)CCN1Cc2nc(C3CCCN3)ccc2C1=O. The summed E-state index contributed by atoms with van der Waals surface area (Å²) in [7, 11) is 4.05. The van der Waals surface area contributed by atoms with E-state index in [2.05, 4.69) is 10.2 Å². The van der Waals surface area contributed by atoms with Crippen LogP contribution in [0.5, 0.6) is 0 Å². The van der Waals surface area contributed by atoms with Gasteiger partial charge >= 0.3 is 0 Å². The van der Waals surface area contributed by atoms with Crippen molar-refractivity contribution in [2.24, 2.45) is 0 Å². The van der Waals surface area contributed by atoms with Crippen molar-refractivity contribution in [3.8, 4) is 0 Å². The third-order valence-electron chi connectivity index (χ3n) is 4.09. The Labute approximate surface area is 120 Å². The molecular formula is C15H22N4O. The third-order valence-corrected chi connectivity index (χ3v) is 4.09. The normalized spacial score (nSPS) is 21.9.